The number of para-hydroxylation sites is 4. The molecule has 0 N–H and O–H groups in total. The van der Waals surface area contributed by atoms with E-state index in [2.05, 4.69) is 108 Å². The van der Waals surface area contributed by atoms with Gasteiger partial charge in [0.1, 0.15) is 17.0 Å². The number of benzene rings is 9. The lowest BCUT2D eigenvalue weighted by Crippen LogP contribution is -2.12. The predicted octanol–water partition coefficient (Wildman–Crippen LogP) is 13.6. The molecule has 0 unspecified atom stereocenters. The molecule has 1 aromatic heterocycles. The molecule has 0 aliphatic carbocycles. The van der Waals surface area contributed by atoms with Crippen molar-refractivity contribution in [1.82, 2.24) is 0 Å². The van der Waals surface area contributed by atoms with E-state index in [1.807, 2.05) is 65.6 Å². The van der Waals surface area contributed by atoms with Crippen LogP contribution in [-0.4, -0.2) is 0 Å². The van der Waals surface area contributed by atoms with Gasteiger partial charge in [-0.25, -0.2) is 4.39 Å². The Hall–Kier alpha value is -6.65. The second-order valence-electron chi connectivity index (χ2n) is 12.6. The molecular weight excluding hydrogens is 616 g/mol. The monoisotopic (exact) mass is 644 g/mol. The van der Waals surface area contributed by atoms with Crippen molar-refractivity contribution in [3.63, 3.8) is 0 Å². The summed E-state index contributed by atoms with van der Waals surface area (Å²) in [6, 6.07) is 59.6. The first-order valence-corrected chi connectivity index (χ1v) is 16.8. The quantitative estimate of drug-likeness (QED) is 0.168. The Morgan fingerprint density at radius 2 is 0.840 bits per heavy atom. The third-order valence-corrected chi connectivity index (χ3v) is 9.84. The average Bonchev–Trinajstić information content (AvgIpc) is 3.56. The molecule has 0 atom stereocenters. The van der Waals surface area contributed by atoms with Crippen LogP contribution in [0.1, 0.15) is 0 Å². The number of halogens is 1. The van der Waals surface area contributed by atoms with E-state index in [0.717, 1.165) is 77.3 Å². The summed E-state index contributed by atoms with van der Waals surface area (Å²) < 4.78 is 22.0. The van der Waals surface area contributed by atoms with Gasteiger partial charge in [0.15, 0.2) is 0 Å². The molecular formula is C46H29FN2O. The lowest BCUT2D eigenvalue weighted by atomic mass is 9.91. The fraction of sp³-hybridized carbons (Fsp3) is 0. The van der Waals surface area contributed by atoms with Crippen LogP contribution in [0, 0.1) is 5.82 Å². The van der Waals surface area contributed by atoms with Crippen molar-refractivity contribution < 1.29 is 8.81 Å². The van der Waals surface area contributed by atoms with Crippen molar-refractivity contribution in [3.05, 3.63) is 182 Å². The molecule has 0 saturated carbocycles. The Labute approximate surface area is 288 Å². The maximum absolute atomic E-state index is 15.6. The van der Waals surface area contributed by atoms with Gasteiger partial charge in [0.05, 0.1) is 28.1 Å². The number of anilines is 6. The first-order valence-electron chi connectivity index (χ1n) is 16.8. The normalized spacial score (nSPS) is 11.7. The van der Waals surface area contributed by atoms with Crippen molar-refractivity contribution in [1.29, 1.82) is 0 Å². The fourth-order valence-corrected chi connectivity index (χ4v) is 7.71. The molecule has 3 nitrogen and oxygen atoms in total. The summed E-state index contributed by atoms with van der Waals surface area (Å²) in [6.45, 7) is 0. The highest BCUT2D eigenvalue weighted by molar-refractivity contribution is 6.28. The van der Waals surface area contributed by atoms with Crippen LogP contribution in [-0.2, 0) is 0 Å². The summed E-state index contributed by atoms with van der Waals surface area (Å²) in [5.41, 5.74) is 7.19. The van der Waals surface area contributed by atoms with Gasteiger partial charge in [0, 0.05) is 27.5 Å². The van der Waals surface area contributed by atoms with Crippen LogP contribution in [0.2, 0.25) is 0 Å². The number of furan rings is 1. The number of nitrogens with zero attached hydrogens (tertiary/aromatic N) is 2. The maximum Gasteiger partial charge on any atom is 0.147 e. The highest BCUT2D eigenvalue weighted by Crippen LogP contribution is 2.49. The summed E-state index contributed by atoms with van der Waals surface area (Å²) in [4.78, 5) is 4.38. The Kier molecular flexibility index (Phi) is 6.36. The van der Waals surface area contributed by atoms with Crippen molar-refractivity contribution in [2.45, 2.75) is 0 Å². The van der Waals surface area contributed by atoms with Gasteiger partial charge in [-0.15, -0.1) is 0 Å². The first kappa shape index (κ1) is 28.4. The lowest BCUT2D eigenvalue weighted by Gasteiger charge is -2.29. The third kappa shape index (κ3) is 4.28. The number of fused-ring (bicyclic) bond motifs is 3. The molecule has 0 spiro atoms. The molecule has 0 fully saturated rings. The van der Waals surface area contributed by atoms with Crippen LogP contribution in [0.15, 0.2) is 180 Å². The summed E-state index contributed by atoms with van der Waals surface area (Å²) in [5.74, 6) is -0.274. The Morgan fingerprint density at radius 3 is 1.48 bits per heavy atom. The summed E-state index contributed by atoms with van der Waals surface area (Å²) in [6.07, 6.45) is 0. The fourth-order valence-electron chi connectivity index (χ4n) is 7.71. The minimum Gasteiger partial charge on any atom is -0.456 e. The highest BCUT2D eigenvalue weighted by Gasteiger charge is 2.24. The summed E-state index contributed by atoms with van der Waals surface area (Å²) >= 11 is 0. The summed E-state index contributed by atoms with van der Waals surface area (Å²) in [7, 11) is 0. The maximum atomic E-state index is 15.6. The second kappa shape index (κ2) is 11.2. The molecule has 9 aromatic carbocycles. The largest absolute Gasteiger partial charge is 0.456 e. The molecule has 0 amide bonds. The van der Waals surface area contributed by atoms with E-state index in [1.54, 1.807) is 6.07 Å². The average molecular weight is 645 g/mol. The van der Waals surface area contributed by atoms with Gasteiger partial charge in [-0.1, -0.05) is 109 Å². The van der Waals surface area contributed by atoms with Gasteiger partial charge in [0.25, 0.3) is 0 Å². The molecule has 236 valence electrons. The van der Waals surface area contributed by atoms with Crippen LogP contribution in [0.25, 0.3) is 54.3 Å². The molecule has 10 aromatic rings. The Balaban J connectivity index is 1.27. The minimum atomic E-state index is -0.274. The standard InChI is InChI=1S/C46H29FN2O/c47-37-17-8-9-18-40(37)48(32-12-3-1-4-13-32)38-28-24-30-23-27-35-39(29-25-31-22-26-34(38)44(30)45(31)35)49(33-14-5-2-6-15-33)41-19-11-21-43-46(41)36-16-7-10-20-42(36)50-43/h1-29H. The lowest BCUT2D eigenvalue weighted by molar-refractivity contribution is 0.629. The van der Waals surface area contributed by atoms with Gasteiger partial charge in [0.2, 0.25) is 0 Å². The van der Waals surface area contributed by atoms with Crippen LogP contribution in [0.4, 0.5) is 38.5 Å². The molecule has 0 radical (unpaired) electrons. The minimum absolute atomic E-state index is 0.274. The molecule has 10 rings (SSSR count). The Morgan fingerprint density at radius 1 is 0.340 bits per heavy atom. The molecule has 1 heterocycles. The number of hydrogen-bond donors (Lipinski definition) is 0. The molecule has 0 saturated heterocycles. The topological polar surface area (TPSA) is 19.6 Å². The van der Waals surface area contributed by atoms with E-state index in [0.29, 0.717) is 5.69 Å². The molecule has 0 aliphatic rings. The zero-order chi connectivity index (χ0) is 33.2. The van der Waals surface area contributed by atoms with Gasteiger partial charge < -0.3 is 14.2 Å². The van der Waals surface area contributed by atoms with Crippen LogP contribution in [0.3, 0.4) is 0 Å². The van der Waals surface area contributed by atoms with Gasteiger partial charge in [-0.05, 0) is 88.3 Å². The SMILES string of the molecule is Fc1ccccc1N(c1ccccc1)c1ccc2ccc3c(N(c4ccccc4)c4cccc5oc6ccccc6c45)ccc4ccc1c2c43. The van der Waals surface area contributed by atoms with Gasteiger partial charge in [-0.3, -0.25) is 0 Å². The van der Waals surface area contributed by atoms with E-state index in [1.165, 1.54) is 11.5 Å². The van der Waals surface area contributed by atoms with E-state index < -0.39 is 0 Å². The predicted molar refractivity (Wildman–Crippen MR) is 207 cm³/mol. The first-order chi connectivity index (χ1) is 24.7. The van der Waals surface area contributed by atoms with Crippen LogP contribution in [0.5, 0.6) is 0 Å². The Bertz CT molecular complexity index is 2840. The zero-order valence-electron chi connectivity index (χ0n) is 26.9. The van der Waals surface area contributed by atoms with Crippen molar-refractivity contribution >= 4 is 88.4 Å². The van der Waals surface area contributed by atoms with Crippen molar-refractivity contribution in [2.75, 3.05) is 9.80 Å². The summed E-state index contributed by atoms with van der Waals surface area (Å²) in [5, 5.41) is 8.94. The molecule has 0 bridgehead atoms. The second-order valence-corrected chi connectivity index (χ2v) is 12.6. The smallest absolute Gasteiger partial charge is 0.147 e. The van der Waals surface area contributed by atoms with E-state index >= 15 is 4.39 Å². The molecule has 0 aliphatic heterocycles. The van der Waals surface area contributed by atoms with Crippen molar-refractivity contribution in [3.8, 4) is 0 Å². The van der Waals surface area contributed by atoms with Crippen molar-refractivity contribution in [2.24, 2.45) is 0 Å². The molecule has 4 heteroatoms. The number of hydrogen-bond acceptors (Lipinski definition) is 3. The highest BCUT2D eigenvalue weighted by atomic mass is 19.1. The van der Waals surface area contributed by atoms with E-state index in [9.17, 15) is 0 Å². The van der Waals surface area contributed by atoms with Crippen LogP contribution < -0.4 is 9.80 Å². The van der Waals surface area contributed by atoms with E-state index in [4.69, 9.17) is 4.42 Å². The molecule has 50 heavy (non-hydrogen) atoms. The van der Waals surface area contributed by atoms with E-state index in [-0.39, 0.29) is 5.82 Å². The number of rotatable bonds is 6. The van der Waals surface area contributed by atoms with Gasteiger partial charge in [-0.2, -0.15) is 0 Å². The third-order valence-electron chi connectivity index (χ3n) is 9.84. The van der Waals surface area contributed by atoms with Crippen LogP contribution >= 0.6 is 0 Å². The zero-order valence-corrected chi connectivity index (χ0v) is 26.9. The van der Waals surface area contributed by atoms with Gasteiger partial charge >= 0.3 is 0 Å².